The van der Waals surface area contributed by atoms with Crippen molar-refractivity contribution in [3.05, 3.63) is 35.4 Å². The van der Waals surface area contributed by atoms with E-state index in [1.54, 1.807) is 6.07 Å². The molecule has 0 aromatic heterocycles. The van der Waals surface area contributed by atoms with Gasteiger partial charge in [0.25, 0.3) is 0 Å². The quantitative estimate of drug-likeness (QED) is 0.343. The van der Waals surface area contributed by atoms with Gasteiger partial charge in [-0.25, -0.2) is 26.3 Å². The van der Waals surface area contributed by atoms with E-state index in [0.29, 0.717) is 24.7 Å². The van der Waals surface area contributed by atoms with Gasteiger partial charge >= 0.3 is 0 Å². The van der Waals surface area contributed by atoms with Crippen molar-refractivity contribution in [2.45, 2.75) is 91.5 Å². The van der Waals surface area contributed by atoms with Crippen molar-refractivity contribution >= 4 is 20.0 Å². The predicted molar refractivity (Wildman–Crippen MR) is 147 cm³/mol. The van der Waals surface area contributed by atoms with Gasteiger partial charge in [0.1, 0.15) is 0 Å². The van der Waals surface area contributed by atoms with Crippen LogP contribution in [-0.2, 0) is 33.1 Å². The molecule has 0 spiro atoms. The van der Waals surface area contributed by atoms with E-state index in [4.69, 9.17) is 0 Å². The van der Waals surface area contributed by atoms with Crippen molar-refractivity contribution in [1.82, 2.24) is 9.44 Å². The van der Waals surface area contributed by atoms with Gasteiger partial charge in [0, 0.05) is 23.9 Å². The highest BCUT2D eigenvalue weighted by molar-refractivity contribution is 7.89. The third kappa shape index (κ3) is 4.47. The Morgan fingerprint density at radius 3 is 1.47 bits per heavy atom. The third-order valence-corrected chi connectivity index (χ3v) is 14.6. The predicted octanol–water partition coefficient (Wildman–Crippen LogP) is 2.90. The number of sulfonamides is 2. The molecule has 38 heavy (non-hydrogen) atoms. The highest BCUT2D eigenvalue weighted by Crippen LogP contribution is 2.67. The first-order valence-electron chi connectivity index (χ1n) is 13.9. The summed E-state index contributed by atoms with van der Waals surface area (Å²) >= 11 is 0. The molecule has 4 saturated carbocycles. The molecule has 10 heteroatoms. The van der Waals surface area contributed by atoms with E-state index in [2.05, 4.69) is 37.1 Å². The van der Waals surface area contributed by atoms with Crippen molar-refractivity contribution in [3.63, 3.8) is 0 Å². The van der Waals surface area contributed by atoms with Gasteiger partial charge in [-0.3, -0.25) is 0 Å². The summed E-state index contributed by atoms with van der Waals surface area (Å²) < 4.78 is 57.8. The van der Waals surface area contributed by atoms with Crippen LogP contribution in [0.25, 0.3) is 0 Å². The Hall–Kier alpha value is -1.04. The zero-order valence-electron chi connectivity index (χ0n) is 23.0. The molecule has 4 aliphatic rings. The normalized spacial score (nSPS) is 37.2. The Balaban J connectivity index is 1.20. The van der Waals surface area contributed by atoms with Crippen molar-refractivity contribution < 1.29 is 27.0 Å². The van der Waals surface area contributed by atoms with Crippen LogP contribution < -0.4 is 9.44 Å². The fraction of sp³-hybridized carbons (Fsp3) is 0.786. The summed E-state index contributed by atoms with van der Waals surface area (Å²) in [6.45, 7) is 8.54. The minimum Gasteiger partial charge on any atom is -0.392 e. The van der Waals surface area contributed by atoms with Crippen molar-refractivity contribution in [3.8, 4) is 0 Å². The summed E-state index contributed by atoms with van der Waals surface area (Å²) in [5.41, 5.74) is -0.207. The number of rotatable bonds is 10. The average molecular weight is 569 g/mol. The zero-order valence-corrected chi connectivity index (χ0v) is 24.7. The van der Waals surface area contributed by atoms with Crippen LogP contribution >= 0.6 is 0 Å². The lowest BCUT2D eigenvalue weighted by molar-refractivity contribution is 0.0150. The molecule has 214 valence electrons. The smallest absolute Gasteiger partial charge is 0.212 e. The lowest BCUT2D eigenvalue weighted by Gasteiger charge is -2.40. The van der Waals surface area contributed by atoms with E-state index >= 15 is 0 Å². The minimum absolute atomic E-state index is 0.0883. The summed E-state index contributed by atoms with van der Waals surface area (Å²) in [6.07, 6.45) is 3.48. The first-order valence-corrected chi connectivity index (χ1v) is 17.2. The number of hydrogen-bond donors (Lipinski definition) is 4. The maximum atomic E-state index is 13.1. The van der Waals surface area contributed by atoms with Gasteiger partial charge < -0.3 is 10.2 Å². The third-order valence-electron chi connectivity index (χ3n) is 11.7. The Morgan fingerprint density at radius 1 is 0.763 bits per heavy atom. The largest absolute Gasteiger partial charge is 0.392 e. The molecule has 0 radical (unpaired) electrons. The molecule has 0 heterocycles. The molecule has 4 fully saturated rings. The summed E-state index contributed by atoms with van der Waals surface area (Å²) in [6, 6.07) is 7.23. The van der Waals surface area contributed by atoms with Gasteiger partial charge in [0.15, 0.2) is 0 Å². The summed E-state index contributed by atoms with van der Waals surface area (Å²) in [5.74, 6) is 0.529. The molecular formula is C28H44N2O6S2. The van der Waals surface area contributed by atoms with Crippen LogP contribution in [0.3, 0.4) is 0 Å². The van der Waals surface area contributed by atoms with Crippen LogP contribution in [0.1, 0.15) is 77.3 Å². The first-order chi connectivity index (χ1) is 17.5. The van der Waals surface area contributed by atoms with Crippen LogP contribution in [-0.4, -0.2) is 50.8 Å². The molecule has 0 unspecified atom stereocenters. The molecule has 5 rings (SSSR count). The Kier molecular flexibility index (Phi) is 6.93. The topological polar surface area (TPSA) is 133 Å². The van der Waals surface area contributed by atoms with Gasteiger partial charge in [0.2, 0.25) is 20.0 Å². The molecule has 1 aromatic rings. The number of benzene rings is 1. The molecule has 0 aliphatic heterocycles. The van der Waals surface area contributed by atoms with Gasteiger partial charge in [0.05, 0.1) is 23.7 Å². The summed E-state index contributed by atoms with van der Waals surface area (Å²) in [4.78, 5) is 0. The Morgan fingerprint density at radius 2 is 1.16 bits per heavy atom. The highest BCUT2D eigenvalue weighted by atomic mass is 32.2. The maximum Gasteiger partial charge on any atom is 0.212 e. The van der Waals surface area contributed by atoms with E-state index in [9.17, 15) is 27.0 Å². The zero-order chi connectivity index (χ0) is 27.8. The van der Waals surface area contributed by atoms with E-state index < -0.39 is 43.1 Å². The number of hydrogen-bond acceptors (Lipinski definition) is 6. The monoisotopic (exact) mass is 568 g/mol. The fourth-order valence-corrected chi connectivity index (χ4v) is 12.5. The Labute approximate surface area is 228 Å². The SMILES string of the molecule is CC1(C)[C@@H]2CC[C@@]1(CS(=O)(=O)NCc1cccc(CNS(=O)(=O)C[C@]34CC[C@H](C[C@H]3O)C4(C)C)c1)[C@H](O)C2. The van der Waals surface area contributed by atoms with Crippen LogP contribution in [0, 0.1) is 33.5 Å². The fourth-order valence-electron chi connectivity index (χ4n) is 8.77. The molecule has 4 N–H and O–H groups in total. The van der Waals surface area contributed by atoms with E-state index in [1.807, 2.05) is 18.2 Å². The van der Waals surface area contributed by atoms with E-state index in [1.165, 1.54) is 0 Å². The first kappa shape index (κ1) is 28.5. The molecule has 8 nitrogen and oxygen atoms in total. The average Bonchev–Trinajstić information content (AvgIpc) is 3.35. The van der Waals surface area contributed by atoms with Gasteiger partial charge in [-0.05, 0) is 72.3 Å². The van der Waals surface area contributed by atoms with Gasteiger partial charge in [-0.1, -0.05) is 52.0 Å². The summed E-state index contributed by atoms with van der Waals surface area (Å²) in [7, 11) is -7.28. The molecule has 0 amide bonds. The van der Waals surface area contributed by atoms with Gasteiger partial charge in [-0.15, -0.1) is 0 Å². The number of aliphatic hydroxyl groups excluding tert-OH is 2. The molecule has 4 aliphatic carbocycles. The van der Waals surface area contributed by atoms with Crippen molar-refractivity contribution in [2.24, 2.45) is 33.5 Å². The van der Waals surface area contributed by atoms with E-state index in [-0.39, 0.29) is 35.4 Å². The van der Waals surface area contributed by atoms with Crippen molar-refractivity contribution in [1.29, 1.82) is 0 Å². The number of fused-ring (bicyclic) bond motifs is 4. The maximum absolute atomic E-state index is 13.1. The van der Waals surface area contributed by atoms with Crippen LogP contribution in [0.2, 0.25) is 0 Å². The van der Waals surface area contributed by atoms with Gasteiger partial charge in [-0.2, -0.15) is 0 Å². The lowest BCUT2D eigenvalue weighted by Crippen LogP contribution is -2.47. The highest BCUT2D eigenvalue weighted by Gasteiger charge is 2.66. The van der Waals surface area contributed by atoms with Crippen molar-refractivity contribution in [2.75, 3.05) is 11.5 Å². The lowest BCUT2D eigenvalue weighted by atomic mass is 9.70. The summed E-state index contributed by atoms with van der Waals surface area (Å²) in [5, 5.41) is 21.4. The van der Waals surface area contributed by atoms with Crippen LogP contribution in [0.5, 0.6) is 0 Å². The molecular weight excluding hydrogens is 524 g/mol. The van der Waals surface area contributed by atoms with Crippen LogP contribution in [0.15, 0.2) is 24.3 Å². The van der Waals surface area contributed by atoms with Crippen LogP contribution in [0.4, 0.5) is 0 Å². The number of nitrogens with one attached hydrogen (secondary N) is 2. The molecule has 6 atom stereocenters. The number of aliphatic hydroxyl groups is 2. The molecule has 0 saturated heterocycles. The molecule has 1 aromatic carbocycles. The van der Waals surface area contributed by atoms with E-state index in [0.717, 1.165) is 36.8 Å². The second-order valence-corrected chi connectivity index (χ2v) is 17.3. The second kappa shape index (κ2) is 9.24. The Bertz CT molecular complexity index is 1200. The minimum atomic E-state index is -3.64. The molecule has 4 bridgehead atoms. The second-order valence-electron chi connectivity index (χ2n) is 13.7. The standard InChI is InChI=1S/C28H44N2O6S2/c1-25(2)21-8-10-27(25,23(31)13-21)17-37(33,34)29-15-19-6-5-7-20(12-19)16-30-38(35,36)18-28-11-9-22(14-24(28)32)26(28,3)4/h5-7,12,21-24,29-32H,8-11,13-18H2,1-4H3/t21-,22-,23-,24-,27-,28-/m1/s1.